The first-order valence-corrected chi connectivity index (χ1v) is 7.61. The summed E-state index contributed by atoms with van der Waals surface area (Å²) in [6, 6.07) is 10.8. The molecule has 3 aromatic rings. The molecule has 1 aromatic carbocycles. The van der Waals surface area contributed by atoms with E-state index in [-0.39, 0.29) is 5.82 Å². The molecule has 0 unspecified atom stereocenters. The summed E-state index contributed by atoms with van der Waals surface area (Å²) in [7, 11) is 0. The second-order valence-electron chi connectivity index (χ2n) is 4.81. The lowest BCUT2D eigenvalue weighted by molar-refractivity contribution is 0.587. The van der Waals surface area contributed by atoms with Gasteiger partial charge in [0.2, 0.25) is 0 Å². The molecule has 1 N–H and O–H groups in total. The van der Waals surface area contributed by atoms with Crippen molar-refractivity contribution in [2.24, 2.45) is 0 Å². The minimum Gasteiger partial charge on any atom is -0.309 e. The summed E-state index contributed by atoms with van der Waals surface area (Å²) < 4.78 is 16.2. The molecule has 2 heterocycles. The molecule has 0 saturated heterocycles. The number of rotatable bonds is 5. The van der Waals surface area contributed by atoms with Gasteiger partial charge in [-0.25, -0.2) is 14.1 Å². The Morgan fingerprint density at radius 2 is 2.05 bits per heavy atom. The van der Waals surface area contributed by atoms with E-state index in [2.05, 4.69) is 31.3 Å². The van der Waals surface area contributed by atoms with Crippen molar-refractivity contribution >= 4 is 15.9 Å². The summed E-state index contributed by atoms with van der Waals surface area (Å²) in [6.45, 7) is 1.10. The van der Waals surface area contributed by atoms with Crippen LogP contribution in [0, 0.1) is 5.82 Å². The smallest absolute Gasteiger partial charge is 0.153 e. The second-order valence-corrected chi connectivity index (χ2v) is 5.73. The molecule has 0 spiro atoms. The predicted octanol–water partition coefficient (Wildman–Crippen LogP) is 3.46. The van der Waals surface area contributed by atoms with E-state index in [0.29, 0.717) is 18.7 Å². The molecule has 6 heteroatoms. The number of halogens is 2. The second kappa shape index (κ2) is 6.81. The summed E-state index contributed by atoms with van der Waals surface area (Å²) in [6.07, 6.45) is 5.30. The Labute approximate surface area is 136 Å². The Kier molecular flexibility index (Phi) is 4.60. The third kappa shape index (κ3) is 3.58. The molecule has 0 saturated carbocycles. The zero-order chi connectivity index (χ0) is 15.4. The minimum atomic E-state index is -0.214. The van der Waals surface area contributed by atoms with Crippen molar-refractivity contribution in [1.82, 2.24) is 20.1 Å². The number of hydrogen-bond acceptors (Lipinski definition) is 3. The average molecular weight is 361 g/mol. The topological polar surface area (TPSA) is 42.7 Å². The Balaban J connectivity index is 1.63. The summed E-state index contributed by atoms with van der Waals surface area (Å²) in [4.78, 5) is 4.28. The molecular formula is C16H14BrFN4. The van der Waals surface area contributed by atoms with E-state index in [1.165, 1.54) is 6.07 Å². The Hall–Kier alpha value is -2.05. The van der Waals surface area contributed by atoms with Crippen LogP contribution in [0.5, 0.6) is 0 Å². The molecule has 0 amide bonds. The molecule has 0 atom stereocenters. The number of nitrogens with one attached hydrogen (secondary N) is 1. The number of benzene rings is 1. The Morgan fingerprint density at radius 1 is 1.14 bits per heavy atom. The van der Waals surface area contributed by atoms with Gasteiger partial charge in [0, 0.05) is 41.7 Å². The van der Waals surface area contributed by atoms with Gasteiger partial charge < -0.3 is 5.32 Å². The quantitative estimate of drug-likeness (QED) is 0.757. The molecule has 0 aliphatic carbocycles. The van der Waals surface area contributed by atoms with Crippen LogP contribution in [0.1, 0.15) is 11.1 Å². The van der Waals surface area contributed by atoms with Gasteiger partial charge in [-0.2, -0.15) is 5.10 Å². The van der Waals surface area contributed by atoms with E-state index < -0.39 is 0 Å². The summed E-state index contributed by atoms with van der Waals surface area (Å²) in [5, 5.41) is 7.39. The monoisotopic (exact) mass is 360 g/mol. The van der Waals surface area contributed by atoms with Crippen LogP contribution in [-0.4, -0.2) is 14.8 Å². The van der Waals surface area contributed by atoms with Crippen LogP contribution in [-0.2, 0) is 13.1 Å². The fraction of sp³-hybridized carbons (Fsp3) is 0.125. The van der Waals surface area contributed by atoms with Gasteiger partial charge in [-0.05, 0) is 35.9 Å². The zero-order valence-corrected chi connectivity index (χ0v) is 13.3. The van der Waals surface area contributed by atoms with Crippen LogP contribution in [0.4, 0.5) is 4.39 Å². The largest absolute Gasteiger partial charge is 0.309 e. The third-order valence-electron chi connectivity index (χ3n) is 3.21. The summed E-state index contributed by atoms with van der Waals surface area (Å²) >= 11 is 3.25. The normalized spacial score (nSPS) is 10.8. The maximum Gasteiger partial charge on any atom is 0.153 e. The van der Waals surface area contributed by atoms with Crippen LogP contribution in [0.25, 0.3) is 5.82 Å². The van der Waals surface area contributed by atoms with Gasteiger partial charge in [-0.1, -0.05) is 22.0 Å². The van der Waals surface area contributed by atoms with E-state index in [1.807, 2.05) is 30.5 Å². The zero-order valence-electron chi connectivity index (χ0n) is 11.7. The van der Waals surface area contributed by atoms with Crippen LogP contribution in [0.15, 0.2) is 59.5 Å². The fourth-order valence-electron chi connectivity index (χ4n) is 2.11. The first-order chi connectivity index (χ1) is 10.7. The number of nitrogens with zero attached hydrogens (tertiary/aromatic N) is 3. The maximum absolute atomic E-state index is 13.7. The van der Waals surface area contributed by atoms with Crippen LogP contribution in [0.3, 0.4) is 0 Å². The van der Waals surface area contributed by atoms with E-state index in [0.717, 1.165) is 15.9 Å². The van der Waals surface area contributed by atoms with Crippen molar-refractivity contribution in [3.05, 3.63) is 76.4 Å². The standard InChI is InChI=1S/C16H14BrFN4/c17-14-3-2-13(15(18)9-14)11-19-10-12-4-6-20-16(8-12)22-7-1-5-21-22/h1-9,19H,10-11H2. The molecule has 2 aromatic heterocycles. The Morgan fingerprint density at radius 3 is 2.82 bits per heavy atom. The van der Waals surface area contributed by atoms with Crippen molar-refractivity contribution in [3.63, 3.8) is 0 Å². The van der Waals surface area contributed by atoms with Crippen LogP contribution in [0.2, 0.25) is 0 Å². The highest BCUT2D eigenvalue weighted by molar-refractivity contribution is 9.10. The average Bonchev–Trinajstić information content (AvgIpc) is 3.04. The fourth-order valence-corrected chi connectivity index (χ4v) is 2.44. The summed E-state index contributed by atoms with van der Waals surface area (Å²) in [5.41, 5.74) is 1.71. The highest BCUT2D eigenvalue weighted by Crippen LogP contribution is 2.15. The predicted molar refractivity (Wildman–Crippen MR) is 86.0 cm³/mol. The molecule has 0 fully saturated rings. The highest BCUT2D eigenvalue weighted by Gasteiger charge is 2.03. The van der Waals surface area contributed by atoms with Gasteiger partial charge in [-0.3, -0.25) is 0 Å². The van der Waals surface area contributed by atoms with Crippen LogP contribution < -0.4 is 5.32 Å². The molecular weight excluding hydrogens is 347 g/mol. The Bertz CT molecular complexity index is 759. The van der Waals surface area contributed by atoms with Gasteiger partial charge in [0.05, 0.1) is 0 Å². The van der Waals surface area contributed by atoms with Gasteiger partial charge in [0.1, 0.15) is 5.82 Å². The van der Waals surface area contributed by atoms with Gasteiger partial charge in [0.25, 0.3) is 0 Å². The maximum atomic E-state index is 13.7. The van der Waals surface area contributed by atoms with E-state index in [1.54, 1.807) is 23.1 Å². The van der Waals surface area contributed by atoms with Crippen molar-refractivity contribution in [1.29, 1.82) is 0 Å². The number of aromatic nitrogens is 3. The van der Waals surface area contributed by atoms with Crippen molar-refractivity contribution < 1.29 is 4.39 Å². The van der Waals surface area contributed by atoms with Crippen molar-refractivity contribution in [3.8, 4) is 5.82 Å². The minimum absolute atomic E-state index is 0.214. The molecule has 0 bridgehead atoms. The van der Waals surface area contributed by atoms with Crippen LogP contribution >= 0.6 is 15.9 Å². The molecule has 4 nitrogen and oxygen atoms in total. The molecule has 0 aliphatic rings. The van der Waals surface area contributed by atoms with Crippen molar-refractivity contribution in [2.75, 3.05) is 0 Å². The van der Waals surface area contributed by atoms with Gasteiger partial charge >= 0.3 is 0 Å². The molecule has 3 rings (SSSR count). The lowest BCUT2D eigenvalue weighted by atomic mass is 10.2. The van der Waals surface area contributed by atoms with Crippen molar-refractivity contribution in [2.45, 2.75) is 13.1 Å². The lowest BCUT2D eigenvalue weighted by Gasteiger charge is -2.08. The third-order valence-corrected chi connectivity index (χ3v) is 3.70. The summed E-state index contributed by atoms with van der Waals surface area (Å²) in [5.74, 6) is 0.549. The molecule has 0 radical (unpaired) electrons. The van der Waals surface area contributed by atoms with E-state index >= 15 is 0 Å². The lowest BCUT2D eigenvalue weighted by Crippen LogP contribution is -2.14. The molecule has 112 valence electrons. The first-order valence-electron chi connectivity index (χ1n) is 6.82. The van der Waals surface area contributed by atoms with E-state index in [4.69, 9.17) is 0 Å². The first kappa shape index (κ1) is 14.9. The SMILES string of the molecule is Fc1cc(Br)ccc1CNCc1ccnc(-n2cccn2)c1. The molecule has 22 heavy (non-hydrogen) atoms. The highest BCUT2D eigenvalue weighted by atomic mass is 79.9. The van der Waals surface area contributed by atoms with E-state index in [9.17, 15) is 4.39 Å². The number of pyridine rings is 1. The van der Waals surface area contributed by atoms with Gasteiger partial charge in [0.15, 0.2) is 5.82 Å². The molecule has 0 aliphatic heterocycles. The number of hydrogen-bond donors (Lipinski definition) is 1. The van der Waals surface area contributed by atoms with Gasteiger partial charge in [-0.15, -0.1) is 0 Å².